The number of phenols is 1. The molecule has 1 aliphatic rings. The minimum absolute atomic E-state index is 0.0322. The van der Waals surface area contributed by atoms with Gasteiger partial charge in [-0.25, -0.2) is 4.39 Å². The van der Waals surface area contributed by atoms with E-state index in [2.05, 4.69) is 15.2 Å². The Balaban J connectivity index is 1.93. The summed E-state index contributed by atoms with van der Waals surface area (Å²) in [6, 6.07) is 4.23. The number of hydrogen-bond donors (Lipinski definition) is 3. The van der Waals surface area contributed by atoms with Crippen LogP contribution in [0.25, 0.3) is 11.4 Å². The van der Waals surface area contributed by atoms with E-state index in [0.29, 0.717) is 12.5 Å². The van der Waals surface area contributed by atoms with Gasteiger partial charge in [0.1, 0.15) is 11.6 Å². The minimum Gasteiger partial charge on any atom is -0.507 e. The monoisotopic (exact) mass is 263 g/mol. The third-order valence-corrected chi connectivity index (χ3v) is 3.21. The highest BCUT2D eigenvalue weighted by molar-refractivity contribution is 5.65. The molecule has 1 fully saturated rings. The predicted octanol–water partition coefficient (Wildman–Crippen LogP) is 0.854. The van der Waals surface area contributed by atoms with Crippen molar-refractivity contribution < 1.29 is 9.50 Å². The molecule has 100 valence electrons. The molecule has 0 spiro atoms. The number of aromatic nitrogens is 3. The van der Waals surface area contributed by atoms with Gasteiger partial charge in [0, 0.05) is 19.1 Å². The number of anilines is 1. The highest BCUT2D eigenvalue weighted by Crippen LogP contribution is 2.30. The van der Waals surface area contributed by atoms with Gasteiger partial charge in [-0.3, -0.25) is 5.10 Å². The normalized spacial score (nSPS) is 19.1. The molecule has 7 heteroatoms. The first-order chi connectivity index (χ1) is 9.15. The van der Waals surface area contributed by atoms with E-state index in [1.807, 2.05) is 4.90 Å². The van der Waals surface area contributed by atoms with E-state index in [9.17, 15) is 9.50 Å². The van der Waals surface area contributed by atoms with Crippen LogP contribution in [0.2, 0.25) is 0 Å². The molecule has 4 N–H and O–H groups in total. The number of aromatic hydroxyl groups is 1. The maximum atomic E-state index is 13.7. The van der Waals surface area contributed by atoms with Crippen LogP contribution >= 0.6 is 0 Å². The number of aromatic amines is 1. The highest BCUT2D eigenvalue weighted by atomic mass is 19.1. The molecule has 2 aromatic rings. The zero-order valence-corrected chi connectivity index (χ0v) is 10.2. The summed E-state index contributed by atoms with van der Waals surface area (Å²) in [4.78, 5) is 6.16. The molecule has 19 heavy (non-hydrogen) atoms. The predicted molar refractivity (Wildman–Crippen MR) is 68.2 cm³/mol. The molecule has 1 aromatic carbocycles. The smallest absolute Gasteiger partial charge is 0.245 e. The number of hydrogen-bond acceptors (Lipinski definition) is 5. The molecular formula is C12H14FN5O. The zero-order chi connectivity index (χ0) is 13.4. The van der Waals surface area contributed by atoms with E-state index < -0.39 is 5.82 Å². The lowest BCUT2D eigenvalue weighted by Gasteiger charge is -2.11. The Kier molecular flexibility index (Phi) is 2.83. The van der Waals surface area contributed by atoms with Crippen molar-refractivity contribution in [3.8, 4) is 17.1 Å². The van der Waals surface area contributed by atoms with Crippen molar-refractivity contribution in [2.24, 2.45) is 5.73 Å². The fourth-order valence-corrected chi connectivity index (χ4v) is 2.22. The first-order valence-corrected chi connectivity index (χ1v) is 6.06. The lowest BCUT2D eigenvalue weighted by molar-refractivity contribution is 0.471. The Morgan fingerprint density at radius 2 is 2.32 bits per heavy atom. The second kappa shape index (κ2) is 4.51. The van der Waals surface area contributed by atoms with Crippen LogP contribution in [0, 0.1) is 5.82 Å². The topological polar surface area (TPSA) is 91.1 Å². The van der Waals surface area contributed by atoms with Crippen LogP contribution < -0.4 is 10.6 Å². The molecule has 0 radical (unpaired) electrons. The van der Waals surface area contributed by atoms with Crippen molar-refractivity contribution in [2.75, 3.05) is 18.0 Å². The quantitative estimate of drug-likeness (QED) is 0.747. The average molecular weight is 263 g/mol. The van der Waals surface area contributed by atoms with E-state index >= 15 is 0 Å². The Labute approximate surface area is 109 Å². The van der Waals surface area contributed by atoms with Gasteiger partial charge in [0.2, 0.25) is 5.95 Å². The Morgan fingerprint density at radius 1 is 1.47 bits per heavy atom. The van der Waals surface area contributed by atoms with Crippen molar-refractivity contribution in [3.63, 3.8) is 0 Å². The van der Waals surface area contributed by atoms with E-state index in [-0.39, 0.29) is 23.2 Å². The van der Waals surface area contributed by atoms with Crippen LogP contribution in [0.15, 0.2) is 18.2 Å². The van der Waals surface area contributed by atoms with Crippen LogP contribution in [0.3, 0.4) is 0 Å². The standard InChI is InChI=1S/C12H14FN5O/c13-8-2-1-3-9(19)10(8)11-15-12(17-16-11)18-5-4-7(14)6-18/h1-3,7,19H,4-6,14H2,(H,15,16,17). The molecule has 1 unspecified atom stereocenters. The van der Waals surface area contributed by atoms with E-state index in [0.717, 1.165) is 13.0 Å². The van der Waals surface area contributed by atoms with Gasteiger partial charge in [0.25, 0.3) is 0 Å². The molecule has 6 nitrogen and oxygen atoms in total. The van der Waals surface area contributed by atoms with E-state index in [1.165, 1.54) is 18.2 Å². The Morgan fingerprint density at radius 3 is 3.00 bits per heavy atom. The third kappa shape index (κ3) is 2.12. The first-order valence-electron chi connectivity index (χ1n) is 6.06. The molecule has 0 aliphatic carbocycles. The maximum Gasteiger partial charge on any atom is 0.245 e. The molecule has 1 aromatic heterocycles. The molecule has 3 rings (SSSR count). The second-order valence-corrected chi connectivity index (χ2v) is 4.61. The van der Waals surface area contributed by atoms with Crippen LogP contribution in [0.1, 0.15) is 6.42 Å². The highest BCUT2D eigenvalue weighted by Gasteiger charge is 2.23. The molecule has 2 heterocycles. The third-order valence-electron chi connectivity index (χ3n) is 3.21. The van der Waals surface area contributed by atoms with Crippen LogP contribution in [0.4, 0.5) is 10.3 Å². The summed E-state index contributed by atoms with van der Waals surface area (Å²) in [6.07, 6.45) is 0.884. The molecule has 0 saturated carbocycles. The summed E-state index contributed by atoms with van der Waals surface area (Å²) >= 11 is 0. The van der Waals surface area contributed by atoms with Gasteiger partial charge in [-0.15, -0.1) is 5.10 Å². The van der Waals surface area contributed by atoms with Gasteiger partial charge in [-0.1, -0.05) is 6.07 Å². The minimum atomic E-state index is -0.541. The van der Waals surface area contributed by atoms with E-state index in [1.54, 1.807) is 0 Å². The molecular weight excluding hydrogens is 249 g/mol. The Bertz CT molecular complexity index is 579. The maximum absolute atomic E-state index is 13.7. The fourth-order valence-electron chi connectivity index (χ4n) is 2.22. The average Bonchev–Trinajstić information content (AvgIpc) is 2.98. The summed E-state index contributed by atoms with van der Waals surface area (Å²) in [5, 5.41) is 16.4. The number of nitrogens with zero attached hydrogens (tertiary/aromatic N) is 3. The van der Waals surface area contributed by atoms with Gasteiger partial charge >= 0.3 is 0 Å². The van der Waals surface area contributed by atoms with Gasteiger partial charge in [-0.05, 0) is 18.6 Å². The molecule has 0 bridgehead atoms. The molecule has 1 aliphatic heterocycles. The second-order valence-electron chi connectivity index (χ2n) is 4.61. The summed E-state index contributed by atoms with van der Waals surface area (Å²) in [7, 11) is 0. The number of nitrogens with two attached hydrogens (primary N) is 1. The number of H-pyrrole nitrogens is 1. The molecule has 1 atom stereocenters. The van der Waals surface area contributed by atoms with Crippen molar-refractivity contribution in [3.05, 3.63) is 24.0 Å². The summed E-state index contributed by atoms with van der Waals surface area (Å²) in [5.41, 5.74) is 5.85. The van der Waals surface area contributed by atoms with Crippen molar-refractivity contribution in [1.29, 1.82) is 0 Å². The number of phenolic OH excluding ortho intramolecular Hbond substituents is 1. The SMILES string of the molecule is NC1CCN(c2n[nH]c(-c3c(O)cccc3F)n2)C1. The van der Waals surface area contributed by atoms with Gasteiger partial charge in [0.05, 0.1) is 5.56 Å². The lowest BCUT2D eigenvalue weighted by atomic mass is 10.2. The number of nitrogens with one attached hydrogen (secondary N) is 1. The largest absolute Gasteiger partial charge is 0.507 e. The van der Waals surface area contributed by atoms with Crippen molar-refractivity contribution in [2.45, 2.75) is 12.5 Å². The van der Waals surface area contributed by atoms with Crippen LogP contribution in [-0.4, -0.2) is 39.4 Å². The number of benzene rings is 1. The van der Waals surface area contributed by atoms with Crippen LogP contribution in [0.5, 0.6) is 5.75 Å². The van der Waals surface area contributed by atoms with Crippen LogP contribution in [-0.2, 0) is 0 Å². The zero-order valence-electron chi connectivity index (χ0n) is 10.2. The van der Waals surface area contributed by atoms with Crippen molar-refractivity contribution >= 4 is 5.95 Å². The fraction of sp³-hybridized carbons (Fsp3) is 0.333. The van der Waals surface area contributed by atoms with Crippen molar-refractivity contribution in [1.82, 2.24) is 15.2 Å². The number of rotatable bonds is 2. The van der Waals surface area contributed by atoms with Gasteiger partial charge < -0.3 is 15.7 Å². The number of halogens is 1. The summed E-state index contributed by atoms with van der Waals surface area (Å²) in [6.45, 7) is 1.46. The van der Waals surface area contributed by atoms with E-state index in [4.69, 9.17) is 5.73 Å². The summed E-state index contributed by atoms with van der Waals surface area (Å²) in [5.74, 6) is -0.0154. The Hall–Kier alpha value is -2.15. The molecule has 0 amide bonds. The lowest BCUT2D eigenvalue weighted by Crippen LogP contribution is -2.26. The van der Waals surface area contributed by atoms with Gasteiger partial charge in [-0.2, -0.15) is 4.98 Å². The summed E-state index contributed by atoms with van der Waals surface area (Å²) < 4.78 is 13.7. The molecule has 1 saturated heterocycles. The first kappa shape index (κ1) is 11.9. The van der Waals surface area contributed by atoms with Gasteiger partial charge in [0.15, 0.2) is 5.82 Å².